The lowest BCUT2D eigenvalue weighted by atomic mass is 10.2. The number of hydrogen-bond acceptors (Lipinski definition) is 5. The van der Waals surface area contributed by atoms with E-state index in [9.17, 15) is 8.42 Å². The highest BCUT2D eigenvalue weighted by molar-refractivity contribution is 7.91. The number of hydrogen-bond donors (Lipinski definition) is 1. The Morgan fingerprint density at radius 2 is 2.32 bits per heavy atom. The normalized spacial score (nSPS) is 20.3. The zero-order valence-electron chi connectivity index (χ0n) is 10.9. The second-order valence-electron chi connectivity index (χ2n) is 4.61. The van der Waals surface area contributed by atoms with Crippen LogP contribution in [0.2, 0.25) is 0 Å². The predicted molar refractivity (Wildman–Crippen MR) is 73.9 cm³/mol. The van der Waals surface area contributed by atoms with Crippen molar-refractivity contribution in [1.29, 1.82) is 0 Å². The molecule has 7 heteroatoms. The summed E-state index contributed by atoms with van der Waals surface area (Å²) in [6.45, 7) is 1.15. The summed E-state index contributed by atoms with van der Waals surface area (Å²) in [4.78, 5) is 0.881. The molecule has 0 radical (unpaired) electrons. The maximum atomic E-state index is 12.4. The maximum Gasteiger partial charge on any atom is 0.252 e. The molecule has 0 aliphatic carbocycles. The van der Waals surface area contributed by atoms with Crippen molar-refractivity contribution in [2.45, 2.75) is 29.6 Å². The van der Waals surface area contributed by atoms with Crippen LogP contribution in [0.4, 0.5) is 0 Å². The number of rotatable bonds is 6. The van der Waals surface area contributed by atoms with Crippen LogP contribution in [-0.2, 0) is 21.2 Å². The summed E-state index contributed by atoms with van der Waals surface area (Å²) in [5.74, 6) is 0. The molecular formula is C12H19NO4S2. The fraction of sp³-hybridized carbons (Fsp3) is 0.667. The lowest BCUT2D eigenvalue weighted by molar-refractivity contribution is 0.0979. The summed E-state index contributed by atoms with van der Waals surface area (Å²) in [5.41, 5.74) is 0. The molecule has 1 fully saturated rings. The van der Waals surface area contributed by atoms with Gasteiger partial charge in [-0.2, -0.15) is 4.31 Å². The minimum absolute atomic E-state index is 0.0108. The highest BCUT2D eigenvalue weighted by Gasteiger charge is 2.27. The quantitative estimate of drug-likeness (QED) is 0.854. The fourth-order valence-electron chi connectivity index (χ4n) is 2.07. The predicted octanol–water partition coefficient (Wildman–Crippen LogP) is 1.08. The lowest BCUT2D eigenvalue weighted by Gasteiger charge is -2.19. The topological polar surface area (TPSA) is 66.8 Å². The third-order valence-corrected chi connectivity index (χ3v) is 6.58. The number of thiophene rings is 1. The highest BCUT2D eigenvalue weighted by atomic mass is 32.2. The number of aliphatic hydroxyl groups excluding tert-OH is 1. The first-order valence-electron chi connectivity index (χ1n) is 6.31. The summed E-state index contributed by atoms with van der Waals surface area (Å²) in [6.07, 6.45) is 2.42. The molecule has 1 atom stereocenters. The van der Waals surface area contributed by atoms with E-state index in [-0.39, 0.29) is 12.7 Å². The van der Waals surface area contributed by atoms with Crippen molar-refractivity contribution < 1.29 is 18.3 Å². The van der Waals surface area contributed by atoms with Gasteiger partial charge in [-0.3, -0.25) is 0 Å². The van der Waals surface area contributed by atoms with Crippen molar-refractivity contribution in [2.75, 3.05) is 26.8 Å². The molecule has 1 saturated heterocycles. The molecule has 0 aromatic carbocycles. The van der Waals surface area contributed by atoms with E-state index >= 15 is 0 Å². The SMILES string of the molecule is CN(CC1CCCO1)S(=O)(=O)c1ccc(CCO)s1. The van der Waals surface area contributed by atoms with Crippen molar-refractivity contribution in [1.82, 2.24) is 4.31 Å². The first kappa shape index (κ1) is 14.9. The molecule has 19 heavy (non-hydrogen) atoms. The van der Waals surface area contributed by atoms with Crippen LogP contribution >= 0.6 is 11.3 Å². The van der Waals surface area contributed by atoms with Gasteiger partial charge in [0.1, 0.15) is 4.21 Å². The average molecular weight is 305 g/mol. The van der Waals surface area contributed by atoms with Gasteiger partial charge in [0.05, 0.1) is 6.10 Å². The molecule has 1 aromatic heterocycles. The molecule has 0 bridgehead atoms. The Balaban J connectivity index is 2.06. The molecule has 108 valence electrons. The van der Waals surface area contributed by atoms with Gasteiger partial charge in [0, 0.05) is 38.1 Å². The lowest BCUT2D eigenvalue weighted by Crippen LogP contribution is -2.33. The highest BCUT2D eigenvalue weighted by Crippen LogP contribution is 2.25. The molecule has 1 unspecified atom stereocenters. The van der Waals surface area contributed by atoms with E-state index in [4.69, 9.17) is 9.84 Å². The van der Waals surface area contributed by atoms with Gasteiger partial charge in [0.2, 0.25) is 0 Å². The Bertz CT molecular complexity index is 506. The fourth-order valence-corrected chi connectivity index (χ4v) is 4.83. The van der Waals surface area contributed by atoms with Crippen molar-refractivity contribution in [3.63, 3.8) is 0 Å². The van der Waals surface area contributed by atoms with Gasteiger partial charge in [0.15, 0.2) is 0 Å². The second kappa shape index (κ2) is 6.32. The van der Waals surface area contributed by atoms with Gasteiger partial charge >= 0.3 is 0 Å². The summed E-state index contributed by atoms with van der Waals surface area (Å²) in [5, 5.41) is 8.86. The van der Waals surface area contributed by atoms with Crippen LogP contribution in [0.25, 0.3) is 0 Å². The van der Waals surface area contributed by atoms with Gasteiger partial charge in [-0.15, -0.1) is 11.3 Å². The average Bonchev–Trinajstić information content (AvgIpc) is 3.00. The molecular weight excluding hydrogens is 286 g/mol. The maximum absolute atomic E-state index is 12.4. The third-order valence-electron chi connectivity index (χ3n) is 3.14. The molecule has 0 amide bonds. The van der Waals surface area contributed by atoms with Crippen molar-refractivity contribution in [2.24, 2.45) is 0 Å². The van der Waals surface area contributed by atoms with Gasteiger partial charge in [-0.25, -0.2) is 8.42 Å². The summed E-state index contributed by atoms with van der Waals surface area (Å²) in [7, 11) is -1.85. The number of nitrogens with zero attached hydrogens (tertiary/aromatic N) is 1. The Morgan fingerprint density at radius 3 is 2.95 bits per heavy atom. The number of aliphatic hydroxyl groups is 1. The summed E-state index contributed by atoms with van der Waals surface area (Å²) in [6, 6.07) is 3.37. The van der Waals surface area contributed by atoms with E-state index in [0.717, 1.165) is 24.3 Å². The first-order valence-corrected chi connectivity index (χ1v) is 8.57. The van der Waals surface area contributed by atoms with E-state index in [2.05, 4.69) is 0 Å². The van der Waals surface area contributed by atoms with E-state index < -0.39 is 10.0 Å². The summed E-state index contributed by atoms with van der Waals surface area (Å²) >= 11 is 1.22. The minimum Gasteiger partial charge on any atom is -0.396 e. The van der Waals surface area contributed by atoms with E-state index in [1.807, 2.05) is 0 Å². The van der Waals surface area contributed by atoms with E-state index in [0.29, 0.717) is 17.2 Å². The van der Waals surface area contributed by atoms with Crippen LogP contribution in [0, 0.1) is 0 Å². The molecule has 0 saturated carbocycles. The summed E-state index contributed by atoms with van der Waals surface area (Å²) < 4.78 is 31.9. The Labute approximate surface area is 117 Å². The van der Waals surface area contributed by atoms with Crippen molar-refractivity contribution >= 4 is 21.4 Å². The standard InChI is InChI=1S/C12H19NO4S2/c1-13(9-10-3-2-8-17-10)19(15,16)12-5-4-11(18-12)6-7-14/h4-5,10,14H,2-3,6-9H2,1H3. The zero-order chi connectivity index (χ0) is 13.9. The molecule has 1 aliphatic heterocycles. The van der Waals surface area contributed by atoms with Gasteiger partial charge in [0.25, 0.3) is 10.0 Å². The molecule has 0 spiro atoms. The van der Waals surface area contributed by atoms with E-state index in [1.165, 1.54) is 15.6 Å². The molecule has 2 rings (SSSR count). The Morgan fingerprint density at radius 1 is 1.53 bits per heavy atom. The van der Waals surface area contributed by atoms with Crippen LogP contribution in [-0.4, -0.2) is 50.7 Å². The molecule has 1 aromatic rings. The number of sulfonamides is 1. The number of likely N-dealkylation sites (N-methyl/N-ethyl adjacent to an activating group) is 1. The van der Waals surface area contributed by atoms with Crippen molar-refractivity contribution in [3.8, 4) is 0 Å². The van der Waals surface area contributed by atoms with Gasteiger partial charge in [-0.1, -0.05) is 0 Å². The third kappa shape index (κ3) is 3.55. The van der Waals surface area contributed by atoms with Crippen LogP contribution in [0.3, 0.4) is 0 Å². The first-order chi connectivity index (χ1) is 9.04. The molecule has 2 heterocycles. The largest absolute Gasteiger partial charge is 0.396 e. The Hall–Kier alpha value is -0.470. The number of ether oxygens (including phenoxy) is 1. The molecule has 5 nitrogen and oxygen atoms in total. The van der Waals surface area contributed by atoms with Crippen LogP contribution in [0.15, 0.2) is 16.3 Å². The molecule has 1 aliphatic rings. The van der Waals surface area contributed by atoms with Crippen LogP contribution in [0.1, 0.15) is 17.7 Å². The molecule has 1 N–H and O–H groups in total. The van der Waals surface area contributed by atoms with E-state index in [1.54, 1.807) is 19.2 Å². The zero-order valence-corrected chi connectivity index (χ0v) is 12.5. The Kier molecular flexibility index (Phi) is 4.97. The smallest absolute Gasteiger partial charge is 0.252 e. The van der Waals surface area contributed by atoms with Crippen molar-refractivity contribution in [3.05, 3.63) is 17.0 Å². The van der Waals surface area contributed by atoms with Gasteiger partial charge < -0.3 is 9.84 Å². The second-order valence-corrected chi connectivity index (χ2v) is 8.05. The van der Waals surface area contributed by atoms with Gasteiger partial charge in [-0.05, 0) is 25.0 Å². The van der Waals surface area contributed by atoms with Crippen LogP contribution in [0.5, 0.6) is 0 Å². The minimum atomic E-state index is -3.43. The van der Waals surface area contributed by atoms with Crippen LogP contribution < -0.4 is 0 Å². The monoisotopic (exact) mass is 305 g/mol.